The van der Waals surface area contributed by atoms with Crippen LogP contribution in [0.2, 0.25) is 5.02 Å². The number of hydrogen-bond acceptors (Lipinski definition) is 3. The zero-order valence-electron chi connectivity index (χ0n) is 12.7. The number of benzene rings is 1. The second-order valence-corrected chi connectivity index (χ2v) is 8.34. The van der Waals surface area contributed by atoms with Gasteiger partial charge in [0.05, 0.1) is 12.8 Å². The van der Waals surface area contributed by atoms with Crippen LogP contribution in [0.5, 0.6) is 0 Å². The summed E-state index contributed by atoms with van der Waals surface area (Å²) in [7, 11) is 0.647. The Morgan fingerprint density at radius 2 is 1.91 bits per heavy atom. The van der Waals surface area contributed by atoms with Crippen LogP contribution in [0, 0.1) is 0 Å². The van der Waals surface area contributed by atoms with E-state index in [4.69, 9.17) is 23.4 Å². The first kappa shape index (κ1) is 17.8. The summed E-state index contributed by atoms with van der Waals surface area (Å²) in [6.07, 6.45) is 4.51. The molecule has 124 valence electrons. The van der Waals surface area contributed by atoms with Crippen molar-refractivity contribution in [2.75, 3.05) is 5.33 Å². The highest BCUT2D eigenvalue weighted by Gasteiger charge is 2.42. The van der Waals surface area contributed by atoms with E-state index in [2.05, 4.69) is 33.0 Å². The third-order valence-electron chi connectivity index (χ3n) is 4.94. The molecule has 2 bridgehead atoms. The Morgan fingerprint density at radius 3 is 2.43 bits per heavy atom. The van der Waals surface area contributed by atoms with E-state index in [1.54, 1.807) is 0 Å². The maximum absolute atomic E-state index is 12.1. The van der Waals surface area contributed by atoms with Crippen LogP contribution < -0.4 is 0 Å². The predicted octanol–water partition coefficient (Wildman–Crippen LogP) is 4.38. The van der Waals surface area contributed by atoms with Crippen molar-refractivity contribution in [2.45, 2.75) is 50.4 Å². The third-order valence-corrected chi connectivity index (χ3v) is 6.93. The number of fused-ring (bicyclic) bond motifs is 2. The molecule has 2 fully saturated rings. The number of carbonyl (C=O) groups is 1. The summed E-state index contributed by atoms with van der Waals surface area (Å²) in [5.74, 6) is 0.109. The maximum Gasteiger partial charge on any atom is 0.241 e. The van der Waals surface area contributed by atoms with Crippen molar-refractivity contribution in [3.63, 3.8) is 0 Å². The first-order valence-electron chi connectivity index (χ1n) is 7.84. The molecule has 0 aliphatic carbocycles. The molecule has 3 rings (SSSR count). The van der Waals surface area contributed by atoms with E-state index in [1.165, 1.54) is 18.4 Å². The molecule has 0 unspecified atom stereocenters. The number of carbonyl (C=O) groups excluding carboxylic acids is 1. The van der Waals surface area contributed by atoms with Gasteiger partial charge in [-0.3, -0.25) is 14.4 Å². The number of hydrogen-bond donors (Lipinski definition) is 0. The lowest BCUT2D eigenvalue weighted by Gasteiger charge is -2.41. The monoisotopic (exact) mass is 432 g/mol. The quantitative estimate of drug-likeness (QED) is 0.508. The second kappa shape index (κ2) is 7.88. The minimum atomic E-state index is 0.109. The first-order chi connectivity index (χ1) is 11.1. The summed E-state index contributed by atoms with van der Waals surface area (Å²) in [6, 6.07) is 9.52. The largest absolute Gasteiger partial charge is 0.293 e. The van der Waals surface area contributed by atoms with Crippen LogP contribution in [0.15, 0.2) is 24.3 Å². The Hall–Kier alpha value is -0.0600. The van der Waals surface area contributed by atoms with Gasteiger partial charge in [-0.1, -0.05) is 39.7 Å². The average molecular weight is 434 g/mol. The molecule has 0 N–H and O–H groups in total. The Bertz CT molecular complexity index is 574. The van der Waals surface area contributed by atoms with Crippen LogP contribution in [0.1, 0.15) is 31.2 Å². The smallest absolute Gasteiger partial charge is 0.241 e. The van der Waals surface area contributed by atoms with Gasteiger partial charge in [-0.15, -0.1) is 0 Å². The van der Waals surface area contributed by atoms with Crippen molar-refractivity contribution in [2.24, 2.45) is 0 Å². The highest BCUT2D eigenvalue weighted by molar-refractivity contribution is 9.09. The Morgan fingerprint density at radius 1 is 1.30 bits per heavy atom. The van der Waals surface area contributed by atoms with E-state index in [-0.39, 0.29) is 11.9 Å². The van der Waals surface area contributed by atoms with Gasteiger partial charge in [-0.25, -0.2) is 0 Å². The number of amides is 1. The molecule has 2 aliphatic rings. The second-order valence-electron chi connectivity index (χ2n) is 6.26. The van der Waals surface area contributed by atoms with Crippen molar-refractivity contribution in [3.8, 4) is 0 Å². The van der Waals surface area contributed by atoms with Gasteiger partial charge in [0, 0.05) is 29.7 Å². The number of nitrogens with zero attached hydrogens (tertiary/aromatic N) is 2. The molecule has 0 aromatic heterocycles. The van der Waals surface area contributed by atoms with Gasteiger partial charge in [0.1, 0.15) is 0 Å². The van der Waals surface area contributed by atoms with E-state index in [9.17, 15) is 4.79 Å². The summed E-state index contributed by atoms with van der Waals surface area (Å²) >= 11 is 14.4. The van der Waals surface area contributed by atoms with Gasteiger partial charge < -0.3 is 0 Å². The van der Waals surface area contributed by atoms with E-state index < -0.39 is 0 Å². The molecule has 1 aromatic rings. The lowest BCUT2D eigenvalue weighted by atomic mass is 9.96. The maximum atomic E-state index is 12.1. The topological polar surface area (TPSA) is 23.6 Å². The third kappa shape index (κ3) is 3.96. The molecule has 23 heavy (non-hydrogen) atoms. The predicted molar refractivity (Wildman–Crippen MR) is 102 cm³/mol. The number of rotatable bonds is 5. The van der Waals surface area contributed by atoms with Crippen molar-refractivity contribution < 1.29 is 4.79 Å². The number of piperidine rings is 1. The Labute approximate surface area is 157 Å². The van der Waals surface area contributed by atoms with Crippen LogP contribution in [0.3, 0.4) is 0 Å². The molecule has 1 aromatic carbocycles. The average Bonchev–Trinajstić information content (AvgIpc) is 2.79. The Kier molecular flexibility index (Phi) is 6.08. The van der Waals surface area contributed by atoms with E-state index in [0.29, 0.717) is 24.9 Å². The number of halogens is 2. The minimum absolute atomic E-state index is 0.109. The normalized spacial score (nSPS) is 27.3. The summed E-state index contributed by atoms with van der Waals surface area (Å²) in [6.45, 7) is 0.969. The van der Waals surface area contributed by atoms with Gasteiger partial charge in [-0.05, 0) is 55.2 Å². The molecule has 0 radical (unpaired) electrons. The molecule has 7 heteroatoms. The van der Waals surface area contributed by atoms with E-state index >= 15 is 0 Å². The molecular weight excluding hydrogens is 415 g/mol. The fraction of sp³-hybridized carbons (Fsp3) is 0.562. The van der Waals surface area contributed by atoms with Crippen molar-refractivity contribution in [3.05, 3.63) is 34.9 Å². The van der Waals surface area contributed by atoms with Crippen LogP contribution in [-0.4, -0.2) is 38.9 Å². The lowest BCUT2D eigenvalue weighted by molar-refractivity contribution is -0.125. The van der Waals surface area contributed by atoms with Crippen molar-refractivity contribution in [1.29, 1.82) is 0 Å². The van der Waals surface area contributed by atoms with Crippen LogP contribution in [0.4, 0.5) is 0 Å². The molecule has 1 amide bonds. The molecule has 3 nitrogen and oxygen atoms in total. The molecule has 2 saturated heterocycles. The van der Waals surface area contributed by atoms with Crippen LogP contribution in [0.25, 0.3) is 0 Å². The fourth-order valence-corrected chi connectivity index (χ4v) is 5.63. The summed E-state index contributed by atoms with van der Waals surface area (Å²) in [5, 5.41) is 1.14. The van der Waals surface area contributed by atoms with Gasteiger partial charge in [0.25, 0.3) is 0 Å². The van der Waals surface area contributed by atoms with Gasteiger partial charge in [0.15, 0.2) is 0 Å². The van der Waals surface area contributed by atoms with E-state index in [1.807, 2.05) is 16.8 Å². The van der Waals surface area contributed by atoms with E-state index in [0.717, 1.165) is 24.4 Å². The summed E-state index contributed by atoms with van der Waals surface area (Å²) < 4.78 is 1.86. The molecule has 3 atom stereocenters. The molecule has 0 saturated carbocycles. The zero-order valence-corrected chi connectivity index (χ0v) is 16.8. The van der Waals surface area contributed by atoms with Crippen LogP contribution in [-0.2, 0) is 23.1 Å². The first-order valence-corrected chi connectivity index (χ1v) is 11.2. The molecule has 0 spiro atoms. The molecular formula is C16H19BrClN2OPS. The van der Waals surface area contributed by atoms with Gasteiger partial charge in [-0.2, -0.15) is 0 Å². The molecule has 2 aliphatic heterocycles. The van der Waals surface area contributed by atoms with Crippen molar-refractivity contribution in [1.82, 2.24) is 9.57 Å². The zero-order chi connectivity index (χ0) is 16.4. The summed E-state index contributed by atoms with van der Waals surface area (Å²) in [4.78, 5) is 14.7. The number of alkyl halides is 1. The standard InChI is InChI=1S/C16H19BrClN2OPS/c17-9-16(21)20(22-23)15-7-13-5-6-14(8-15)19(13)10-11-1-3-12(18)4-2-11/h1-4,13-15H,5-10H2/t13-,14+,15+. The summed E-state index contributed by atoms with van der Waals surface area (Å²) in [5.41, 5.74) is 1.31. The van der Waals surface area contributed by atoms with Gasteiger partial charge in [0.2, 0.25) is 5.91 Å². The lowest BCUT2D eigenvalue weighted by Crippen LogP contribution is -2.49. The SMILES string of the molecule is O=C(CBr)N(P=S)[C@H]1C[C@H]2CC[C@@H](C1)N2Cc1ccc(Cl)cc1. The highest BCUT2D eigenvalue weighted by atomic mass is 79.9. The Balaban J connectivity index is 1.68. The molecule has 2 heterocycles. The highest BCUT2D eigenvalue weighted by Crippen LogP contribution is 2.40. The van der Waals surface area contributed by atoms with Crippen LogP contribution >= 0.6 is 35.0 Å². The minimum Gasteiger partial charge on any atom is -0.293 e. The van der Waals surface area contributed by atoms with Crippen molar-refractivity contribution >= 4 is 52.8 Å². The fourth-order valence-electron chi connectivity index (χ4n) is 3.88. The van der Waals surface area contributed by atoms with Gasteiger partial charge >= 0.3 is 0 Å².